The molecule has 2 aromatic rings. The van der Waals surface area contributed by atoms with Gasteiger partial charge in [0.05, 0.1) is 12.2 Å². The van der Waals surface area contributed by atoms with E-state index >= 15 is 0 Å². The lowest BCUT2D eigenvalue weighted by molar-refractivity contribution is 0.759. The van der Waals surface area contributed by atoms with Crippen molar-refractivity contribution in [1.29, 1.82) is 0 Å². The first-order chi connectivity index (χ1) is 7.70. The number of aromatic nitrogens is 5. The zero-order valence-electron chi connectivity index (χ0n) is 9.51. The van der Waals surface area contributed by atoms with Gasteiger partial charge in [0, 0.05) is 25.2 Å². The van der Waals surface area contributed by atoms with Crippen molar-refractivity contribution in [3.05, 3.63) is 29.6 Å². The smallest absolute Gasteiger partial charge is 0.171 e. The fourth-order valence-electron chi connectivity index (χ4n) is 1.55. The second kappa shape index (κ2) is 4.44. The van der Waals surface area contributed by atoms with Gasteiger partial charge in [0.15, 0.2) is 5.82 Å². The number of rotatable bonds is 4. The van der Waals surface area contributed by atoms with Crippen LogP contribution in [0.2, 0.25) is 0 Å². The van der Waals surface area contributed by atoms with Gasteiger partial charge in [0.25, 0.3) is 0 Å². The summed E-state index contributed by atoms with van der Waals surface area (Å²) in [5, 5.41) is 11.1. The predicted molar refractivity (Wildman–Crippen MR) is 59.6 cm³/mol. The van der Waals surface area contributed by atoms with Crippen LogP contribution in [0.1, 0.15) is 36.6 Å². The topological polar surface area (TPSA) is 85.4 Å². The van der Waals surface area contributed by atoms with E-state index in [4.69, 9.17) is 5.73 Å². The summed E-state index contributed by atoms with van der Waals surface area (Å²) >= 11 is 0. The number of nitrogens with one attached hydrogen (secondary N) is 1. The number of aryl methyl sites for hydroxylation is 2. The summed E-state index contributed by atoms with van der Waals surface area (Å²) in [5.74, 6) is 1.51. The van der Waals surface area contributed by atoms with Gasteiger partial charge < -0.3 is 5.73 Å². The Morgan fingerprint density at radius 1 is 1.56 bits per heavy atom. The maximum atomic E-state index is 6.04. The zero-order chi connectivity index (χ0) is 11.5. The molecule has 0 spiro atoms. The van der Waals surface area contributed by atoms with Crippen LogP contribution in [0.15, 0.2) is 12.4 Å². The van der Waals surface area contributed by atoms with Gasteiger partial charge in [-0.05, 0) is 6.42 Å². The van der Waals surface area contributed by atoms with E-state index in [0.29, 0.717) is 5.82 Å². The molecule has 0 aromatic carbocycles. The second-order valence-electron chi connectivity index (χ2n) is 3.82. The maximum absolute atomic E-state index is 6.04. The van der Waals surface area contributed by atoms with Crippen LogP contribution >= 0.6 is 0 Å². The van der Waals surface area contributed by atoms with E-state index in [1.807, 2.05) is 13.2 Å². The monoisotopic (exact) mass is 220 g/mol. The summed E-state index contributed by atoms with van der Waals surface area (Å²) in [6.45, 7) is 2.10. The molecule has 0 radical (unpaired) electrons. The van der Waals surface area contributed by atoms with Crippen LogP contribution in [-0.2, 0) is 13.5 Å². The molecule has 1 unspecified atom stereocenters. The molecule has 0 saturated heterocycles. The molecular formula is C10H16N6. The first-order valence-corrected chi connectivity index (χ1v) is 5.36. The van der Waals surface area contributed by atoms with Crippen LogP contribution < -0.4 is 5.73 Å². The minimum atomic E-state index is -0.310. The summed E-state index contributed by atoms with van der Waals surface area (Å²) in [5.41, 5.74) is 6.96. The van der Waals surface area contributed by atoms with Crippen molar-refractivity contribution in [1.82, 2.24) is 25.0 Å². The number of H-pyrrole nitrogens is 1. The molecule has 2 rings (SSSR count). The number of nitrogens with two attached hydrogens (primary N) is 1. The minimum Gasteiger partial charge on any atom is -0.317 e. The van der Waals surface area contributed by atoms with Gasteiger partial charge in [-0.2, -0.15) is 10.2 Å². The van der Waals surface area contributed by atoms with Gasteiger partial charge in [0.2, 0.25) is 0 Å². The van der Waals surface area contributed by atoms with E-state index < -0.39 is 0 Å². The standard InChI is InChI=1S/C10H16N6/c1-3-4-8-13-10(15-14-8)9(11)7-5-12-16(2)6-7/h5-6,9H,3-4,11H2,1-2H3,(H,13,14,15). The van der Waals surface area contributed by atoms with E-state index in [0.717, 1.165) is 24.2 Å². The highest BCUT2D eigenvalue weighted by molar-refractivity contribution is 5.18. The van der Waals surface area contributed by atoms with Crippen LogP contribution in [0.25, 0.3) is 0 Å². The van der Waals surface area contributed by atoms with E-state index in [1.165, 1.54) is 0 Å². The molecule has 0 bridgehead atoms. The van der Waals surface area contributed by atoms with Crippen molar-refractivity contribution < 1.29 is 0 Å². The fourth-order valence-corrected chi connectivity index (χ4v) is 1.55. The largest absolute Gasteiger partial charge is 0.317 e. The molecule has 0 saturated carbocycles. The molecule has 3 N–H and O–H groups in total. The minimum absolute atomic E-state index is 0.310. The summed E-state index contributed by atoms with van der Waals surface area (Å²) < 4.78 is 1.72. The molecule has 6 heteroatoms. The molecule has 1 atom stereocenters. The van der Waals surface area contributed by atoms with Crippen LogP contribution in [0.5, 0.6) is 0 Å². The Morgan fingerprint density at radius 3 is 3.00 bits per heavy atom. The van der Waals surface area contributed by atoms with Crippen molar-refractivity contribution >= 4 is 0 Å². The van der Waals surface area contributed by atoms with Crippen molar-refractivity contribution in [2.45, 2.75) is 25.8 Å². The average molecular weight is 220 g/mol. The fraction of sp³-hybridized carbons (Fsp3) is 0.500. The molecule has 0 fully saturated rings. The third kappa shape index (κ3) is 2.11. The van der Waals surface area contributed by atoms with Crippen LogP contribution in [0.4, 0.5) is 0 Å². The first kappa shape index (κ1) is 10.8. The Kier molecular flexibility index (Phi) is 3.00. The SMILES string of the molecule is CCCc1nc(C(N)c2cnn(C)c2)n[nH]1. The number of hydrogen-bond donors (Lipinski definition) is 2. The van der Waals surface area contributed by atoms with Crippen molar-refractivity contribution in [3.63, 3.8) is 0 Å². The summed E-state index contributed by atoms with van der Waals surface area (Å²) in [7, 11) is 1.86. The Morgan fingerprint density at radius 2 is 2.38 bits per heavy atom. The summed E-state index contributed by atoms with van der Waals surface area (Å²) in [4.78, 5) is 4.36. The Hall–Kier alpha value is -1.69. The van der Waals surface area contributed by atoms with Crippen molar-refractivity contribution in [2.75, 3.05) is 0 Å². The molecular weight excluding hydrogens is 204 g/mol. The lowest BCUT2D eigenvalue weighted by atomic mass is 10.2. The molecule has 0 amide bonds. The molecule has 86 valence electrons. The summed E-state index contributed by atoms with van der Waals surface area (Å²) in [6.07, 6.45) is 5.55. The normalized spacial score (nSPS) is 12.9. The maximum Gasteiger partial charge on any atom is 0.171 e. The van der Waals surface area contributed by atoms with Crippen molar-refractivity contribution in [2.24, 2.45) is 12.8 Å². The molecule has 2 aromatic heterocycles. The third-order valence-electron chi connectivity index (χ3n) is 2.40. The highest BCUT2D eigenvalue weighted by atomic mass is 15.3. The van der Waals surface area contributed by atoms with Gasteiger partial charge in [-0.25, -0.2) is 4.98 Å². The lowest BCUT2D eigenvalue weighted by Crippen LogP contribution is -2.13. The zero-order valence-corrected chi connectivity index (χ0v) is 9.51. The molecule has 2 heterocycles. The van der Waals surface area contributed by atoms with Gasteiger partial charge in [-0.3, -0.25) is 9.78 Å². The van der Waals surface area contributed by atoms with Crippen LogP contribution in [0, 0.1) is 0 Å². The predicted octanol–water partition coefficient (Wildman–Crippen LogP) is 0.539. The van der Waals surface area contributed by atoms with Gasteiger partial charge in [-0.1, -0.05) is 6.92 Å². The highest BCUT2D eigenvalue weighted by Gasteiger charge is 2.15. The Bertz CT molecular complexity index is 457. The van der Waals surface area contributed by atoms with Crippen molar-refractivity contribution in [3.8, 4) is 0 Å². The highest BCUT2D eigenvalue weighted by Crippen LogP contribution is 2.14. The van der Waals surface area contributed by atoms with E-state index in [-0.39, 0.29) is 6.04 Å². The molecule has 0 aliphatic heterocycles. The van der Waals surface area contributed by atoms with Crippen LogP contribution in [0.3, 0.4) is 0 Å². The van der Waals surface area contributed by atoms with E-state index in [1.54, 1.807) is 10.9 Å². The average Bonchev–Trinajstić information content (AvgIpc) is 2.87. The van der Waals surface area contributed by atoms with Crippen LogP contribution in [-0.4, -0.2) is 25.0 Å². The molecule has 6 nitrogen and oxygen atoms in total. The quantitative estimate of drug-likeness (QED) is 0.787. The van der Waals surface area contributed by atoms with E-state index in [2.05, 4.69) is 27.2 Å². The molecule has 0 aliphatic carbocycles. The number of hydrogen-bond acceptors (Lipinski definition) is 4. The number of aromatic amines is 1. The number of nitrogens with zero attached hydrogens (tertiary/aromatic N) is 4. The van der Waals surface area contributed by atoms with E-state index in [9.17, 15) is 0 Å². The third-order valence-corrected chi connectivity index (χ3v) is 2.40. The molecule has 16 heavy (non-hydrogen) atoms. The van der Waals surface area contributed by atoms with Gasteiger partial charge in [0.1, 0.15) is 5.82 Å². The lowest BCUT2D eigenvalue weighted by Gasteiger charge is -2.02. The second-order valence-corrected chi connectivity index (χ2v) is 3.82. The molecule has 0 aliphatic rings. The van der Waals surface area contributed by atoms with Gasteiger partial charge in [-0.15, -0.1) is 0 Å². The Balaban J connectivity index is 2.17. The first-order valence-electron chi connectivity index (χ1n) is 5.36. The van der Waals surface area contributed by atoms with Gasteiger partial charge >= 0.3 is 0 Å². The Labute approximate surface area is 93.9 Å². The summed E-state index contributed by atoms with van der Waals surface area (Å²) in [6, 6.07) is -0.310.